The maximum Gasteiger partial charge on any atom is 0.162 e. The van der Waals surface area contributed by atoms with E-state index in [2.05, 4.69) is 184 Å². The summed E-state index contributed by atoms with van der Waals surface area (Å²) in [6, 6.07) is 72.8. The van der Waals surface area contributed by atoms with Gasteiger partial charge in [0, 0.05) is 56.0 Å². The first-order valence-corrected chi connectivity index (χ1v) is 21.2. The van der Waals surface area contributed by atoms with Crippen molar-refractivity contribution >= 4 is 65.7 Å². The Kier molecular flexibility index (Phi) is 7.80. The number of hydrogen-bond acceptors (Lipinski definition) is 4. The van der Waals surface area contributed by atoms with E-state index in [1.165, 1.54) is 21.5 Å². The van der Waals surface area contributed by atoms with E-state index in [0.29, 0.717) is 5.82 Å². The molecule has 0 saturated carbocycles. The van der Waals surface area contributed by atoms with E-state index >= 15 is 0 Å². The third kappa shape index (κ3) is 5.69. The molecule has 0 aliphatic heterocycles. The van der Waals surface area contributed by atoms with E-state index in [0.717, 1.165) is 94.7 Å². The first-order chi connectivity index (χ1) is 31.2. The standard InChI is InChI=1S/C57H35N5O/c1-3-13-36(14-4-1)48-35-55(60-57(59-48)37-15-5-2-6-16-37)62-50-22-10-7-19-43(50)45-27-24-41(33-52(45)62)39-18-11-17-38(31-39)40-25-28-51-46(32-40)44-20-8-9-21-49(44)61(51)42-26-29-53-47(34-42)56-54(63-53)23-12-30-58-56/h1-35H. The molecule has 0 saturated heterocycles. The van der Waals surface area contributed by atoms with Crippen molar-refractivity contribution < 1.29 is 4.42 Å². The van der Waals surface area contributed by atoms with Crippen LogP contribution < -0.4 is 0 Å². The smallest absolute Gasteiger partial charge is 0.162 e. The second kappa shape index (κ2) is 14.0. The van der Waals surface area contributed by atoms with Crippen LogP contribution in [-0.4, -0.2) is 24.1 Å². The summed E-state index contributed by atoms with van der Waals surface area (Å²) in [6.07, 6.45) is 1.82. The molecule has 0 N–H and O–H groups in total. The van der Waals surface area contributed by atoms with Gasteiger partial charge in [-0.15, -0.1) is 0 Å². The van der Waals surface area contributed by atoms with Crippen molar-refractivity contribution in [3.8, 4) is 56.4 Å². The average Bonchev–Trinajstić information content (AvgIpc) is 4.01. The second-order valence-electron chi connectivity index (χ2n) is 16.0. The fourth-order valence-corrected chi connectivity index (χ4v) is 9.45. The molecule has 0 bridgehead atoms. The highest BCUT2D eigenvalue weighted by molar-refractivity contribution is 6.12. The quantitative estimate of drug-likeness (QED) is 0.168. The molecule has 5 heterocycles. The van der Waals surface area contributed by atoms with Gasteiger partial charge in [-0.1, -0.05) is 133 Å². The Hall–Kier alpha value is -8.61. The number of benzene rings is 8. The van der Waals surface area contributed by atoms with Crippen LogP contribution in [0.3, 0.4) is 0 Å². The van der Waals surface area contributed by atoms with E-state index in [4.69, 9.17) is 14.4 Å². The van der Waals surface area contributed by atoms with E-state index in [-0.39, 0.29) is 0 Å². The SMILES string of the molecule is c1ccc(-c2cc(-n3c4ccccc4c4ccc(-c5cccc(-c6ccc7c(c6)c6ccccc6n7-c6ccc7oc8cccnc8c7c6)c5)cc43)nc(-c3ccccc3)n2)cc1. The van der Waals surface area contributed by atoms with Crippen LogP contribution in [-0.2, 0) is 0 Å². The maximum atomic E-state index is 6.13. The van der Waals surface area contributed by atoms with Crippen molar-refractivity contribution in [3.05, 3.63) is 212 Å². The molecule has 0 spiro atoms. The fourth-order valence-electron chi connectivity index (χ4n) is 9.45. The van der Waals surface area contributed by atoms with Crippen LogP contribution in [0.15, 0.2) is 217 Å². The number of fused-ring (bicyclic) bond motifs is 9. The van der Waals surface area contributed by atoms with Gasteiger partial charge in [0.2, 0.25) is 0 Å². The first-order valence-electron chi connectivity index (χ1n) is 21.2. The van der Waals surface area contributed by atoms with Gasteiger partial charge in [0.25, 0.3) is 0 Å². The molecule has 6 heteroatoms. The van der Waals surface area contributed by atoms with Gasteiger partial charge in [-0.05, 0) is 89.0 Å². The predicted molar refractivity (Wildman–Crippen MR) is 258 cm³/mol. The summed E-state index contributed by atoms with van der Waals surface area (Å²) in [5, 5.41) is 5.76. The summed E-state index contributed by atoms with van der Waals surface area (Å²) in [6.45, 7) is 0. The van der Waals surface area contributed by atoms with Gasteiger partial charge in [0.15, 0.2) is 11.4 Å². The van der Waals surface area contributed by atoms with Crippen LogP contribution in [0, 0.1) is 0 Å². The molecule has 5 aromatic heterocycles. The molecule has 0 atom stereocenters. The predicted octanol–water partition coefficient (Wildman–Crippen LogP) is 14.6. The lowest BCUT2D eigenvalue weighted by atomic mass is 9.97. The summed E-state index contributed by atoms with van der Waals surface area (Å²) in [5.74, 6) is 1.51. The van der Waals surface area contributed by atoms with Crippen molar-refractivity contribution in [2.45, 2.75) is 0 Å². The van der Waals surface area contributed by atoms with Crippen LogP contribution in [0.2, 0.25) is 0 Å². The lowest BCUT2D eigenvalue weighted by molar-refractivity contribution is 0.668. The van der Waals surface area contributed by atoms with Gasteiger partial charge in [0.1, 0.15) is 16.9 Å². The molecule has 0 radical (unpaired) electrons. The number of aromatic nitrogens is 5. The van der Waals surface area contributed by atoms with Gasteiger partial charge < -0.3 is 8.98 Å². The largest absolute Gasteiger partial charge is 0.454 e. The number of pyridine rings is 1. The average molecular weight is 806 g/mol. The van der Waals surface area contributed by atoms with Gasteiger partial charge in [-0.2, -0.15) is 0 Å². The highest BCUT2D eigenvalue weighted by Gasteiger charge is 2.19. The maximum absolute atomic E-state index is 6.13. The zero-order valence-corrected chi connectivity index (χ0v) is 33.9. The number of para-hydroxylation sites is 2. The van der Waals surface area contributed by atoms with E-state index < -0.39 is 0 Å². The molecule has 0 aliphatic carbocycles. The van der Waals surface area contributed by atoms with Crippen molar-refractivity contribution in [2.75, 3.05) is 0 Å². The minimum atomic E-state index is 0.687. The third-order valence-electron chi connectivity index (χ3n) is 12.4. The van der Waals surface area contributed by atoms with E-state index in [9.17, 15) is 0 Å². The number of rotatable bonds is 6. The molecule has 6 nitrogen and oxygen atoms in total. The molecular formula is C57H35N5O. The lowest BCUT2D eigenvalue weighted by Crippen LogP contribution is -2.02. The van der Waals surface area contributed by atoms with Crippen molar-refractivity contribution in [3.63, 3.8) is 0 Å². The van der Waals surface area contributed by atoms with Gasteiger partial charge in [-0.25, -0.2) is 9.97 Å². The Bertz CT molecular complexity index is 3860. The van der Waals surface area contributed by atoms with Gasteiger partial charge in [0.05, 0.1) is 27.8 Å². The highest BCUT2D eigenvalue weighted by atomic mass is 16.3. The third-order valence-corrected chi connectivity index (χ3v) is 12.4. The zero-order valence-electron chi connectivity index (χ0n) is 33.9. The normalized spacial score (nSPS) is 11.8. The molecule has 0 aliphatic rings. The van der Waals surface area contributed by atoms with Crippen LogP contribution in [0.5, 0.6) is 0 Å². The molecule has 0 fully saturated rings. The molecular weight excluding hydrogens is 771 g/mol. The Morgan fingerprint density at radius 2 is 0.984 bits per heavy atom. The first kappa shape index (κ1) is 35.2. The minimum Gasteiger partial charge on any atom is -0.454 e. The van der Waals surface area contributed by atoms with E-state index in [1.54, 1.807) is 0 Å². The summed E-state index contributed by atoms with van der Waals surface area (Å²) in [4.78, 5) is 15.0. The molecule has 0 amide bonds. The van der Waals surface area contributed by atoms with Crippen molar-refractivity contribution in [1.82, 2.24) is 24.1 Å². The van der Waals surface area contributed by atoms with Gasteiger partial charge >= 0.3 is 0 Å². The van der Waals surface area contributed by atoms with Gasteiger partial charge in [-0.3, -0.25) is 9.55 Å². The number of hydrogen-bond donors (Lipinski definition) is 0. The Labute approximate surface area is 361 Å². The number of nitrogens with zero attached hydrogens (tertiary/aromatic N) is 5. The molecule has 294 valence electrons. The zero-order chi connectivity index (χ0) is 41.4. The Morgan fingerprint density at radius 3 is 1.79 bits per heavy atom. The Balaban J connectivity index is 0.942. The van der Waals surface area contributed by atoms with Crippen molar-refractivity contribution in [1.29, 1.82) is 0 Å². The fraction of sp³-hybridized carbons (Fsp3) is 0. The summed E-state index contributed by atoms with van der Waals surface area (Å²) in [5.41, 5.74) is 15.5. The molecule has 13 aromatic rings. The van der Waals surface area contributed by atoms with Crippen LogP contribution >= 0.6 is 0 Å². The summed E-state index contributed by atoms with van der Waals surface area (Å²) in [7, 11) is 0. The van der Waals surface area contributed by atoms with Crippen LogP contribution in [0.25, 0.3) is 122 Å². The monoisotopic (exact) mass is 805 g/mol. The lowest BCUT2D eigenvalue weighted by Gasteiger charge is -2.13. The van der Waals surface area contributed by atoms with E-state index in [1.807, 2.05) is 42.6 Å². The topological polar surface area (TPSA) is 61.7 Å². The second-order valence-corrected chi connectivity index (χ2v) is 16.0. The van der Waals surface area contributed by atoms with Crippen molar-refractivity contribution in [2.24, 2.45) is 0 Å². The van der Waals surface area contributed by atoms with Crippen LogP contribution in [0.4, 0.5) is 0 Å². The summed E-state index contributed by atoms with van der Waals surface area (Å²) < 4.78 is 10.8. The minimum absolute atomic E-state index is 0.687. The molecule has 0 unspecified atom stereocenters. The number of furan rings is 1. The molecule has 8 aromatic carbocycles. The highest BCUT2D eigenvalue weighted by Crippen LogP contribution is 2.39. The molecule has 13 rings (SSSR count). The summed E-state index contributed by atoms with van der Waals surface area (Å²) >= 11 is 0. The molecule has 63 heavy (non-hydrogen) atoms. The van der Waals surface area contributed by atoms with Crippen LogP contribution in [0.1, 0.15) is 0 Å². The Morgan fingerprint density at radius 1 is 0.349 bits per heavy atom.